The van der Waals surface area contributed by atoms with E-state index < -0.39 is 31.1 Å². The van der Waals surface area contributed by atoms with E-state index in [0.717, 1.165) is 22.4 Å². The van der Waals surface area contributed by atoms with Crippen LogP contribution in [0.15, 0.2) is 54.9 Å². The van der Waals surface area contributed by atoms with E-state index >= 15 is 0 Å². The second-order valence-electron chi connectivity index (χ2n) is 8.48. The Labute approximate surface area is 207 Å². The Morgan fingerprint density at radius 2 is 1.89 bits per heavy atom. The van der Waals surface area contributed by atoms with E-state index in [2.05, 4.69) is 20.3 Å². The number of imidazole rings is 1. The van der Waals surface area contributed by atoms with Gasteiger partial charge in [-0.2, -0.15) is 0 Å². The van der Waals surface area contributed by atoms with Crippen molar-refractivity contribution in [3.05, 3.63) is 60.4 Å². The van der Waals surface area contributed by atoms with Crippen molar-refractivity contribution in [2.45, 2.75) is 38.0 Å². The van der Waals surface area contributed by atoms with Crippen LogP contribution in [0, 0.1) is 0 Å². The summed E-state index contributed by atoms with van der Waals surface area (Å²) in [4.78, 5) is 12.8. The van der Waals surface area contributed by atoms with Gasteiger partial charge in [0.25, 0.3) is 0 Å². The fourth-order valence-corrected chi connectivity index (χ4v) is 4.31. The van der Waals surface area contributed by atoms with Gasteiger partial charge in [-0.05, 0) is 35.7 Å². The van der Waals surface area contributed by atoms with Crippen LogP contribution >= 0.6 is 0 Å². The molecule has 3 heterocycles. The summed E-state index contributed by atoms with van der Waals surface area (Å²) in [7, 11) is 0. The molecule has 1 saturated heterocycles. The first-order chi connectivity index (χ1) is 17.5. The van der Waals surface area contributed by atoms with E-state index in [1.54, 1.807) is 0 Å². The highest BCUT2D eigenvalue weighted by molar-refractivity contribution is 5.84. The number of hydrogen-bond acceptors (Lipinski definition) is 10. The molecule has 0 saturated carbocycles. The van der Waals surface area contributed by atoms with Crippen LogP contribution < -0.4 is 15.8 Å². The zero-order valence-electron chi connectivity index (χ0n) is 19.7. The molecule has 5 rings (SSSR count). The summed E-state index contributed by atoms with van der Waals surface area (Å²) < 4.78 is 12.9. The molecule has 6 N–H and O–H groups in total. The monoisotopic (exact) mass is 492 g/mol. The molecular weight excluding hydrogens is 464 g/mol. The van der Waals surface area contributed by atoms with Crippen LogP contribution in [0.3, 0.4) is 0 Å². The number of rotatable bonds is 8. The van der Waals surface area contributed by atoms with Gasteiger partial charge in [-0.15, -0.1) is 0 Å². The van der Waals surface area contributed by atoms with Crippen LogP contribution in [-0.2, 0) is 11.3 Å². The molecule has 1 fully saturated rings. The number of nitrogens with zero attached hydrogens (tertiary/aromatic N) is 4. The summed E-state index contributed by atoms with van der Waals surface area (Å²) in [5, 5.41) is 33.6. The molecule has 4 atom stereocenters. The van der Waals surface area contributed by atoms with E-state index in [-0.39, 0.29) is 5.82 Å². The number of nitrogen functional groups attached to an aromatic ring is 1. The molecule has 188 valence electrons. The van der Waals surface area contributed by atoms with Crippen LogP contribution in [0.4, 0.5) is 11.8 Å². The highest BCUT2D eigenvalue weighted by Gasteiger charge is 2.45. The Morgan fingerprint density at radius 3 is 2.61 bits per heavy atom. The molecule has 2 unspecified atom stereocenters. The van der Waals surface area contributed by atoms with Crippen LogP contribution in [0.2, 0.25) is 0 Å². The molecule has 2 aromatic carbocycles. The lowest BCUT2D eigenvalue weighted by atomic mass is 10.0. The van der Waals surface area contributed by atoms with Crippen LogP contribution in [0.5, 0.6) is 5.75 Å². The Bertz CT molecular complexity index is 1340. The van der Waals surface area contributed by atoms with E-state index in [9.17, 15) is 15.3 Å². The molecule has 4 aromatic rings. The minimum absolute atomic E-state index is 0.173. The lowest BCUT2D eigenvalue weighted by Crippen LogP contribution is -2.33. The molecule has 11 heteroatoms. The number of nitrogens with one attached hydrogen (secondary N) is 1. The largest absolute Gasteiger partial charge is 0.494 e. The first-order valence-electron chi connectivity index (χ1n) is 11.7. The SMILES string of the molecule is CCOc1cccc(-c2ccc(CNc3nc4c(N)ncnc4n3[C@@H]3O[C@H](CO)C(O)C3O)cc2)c1. The van der Waals surface area contributed by atoms with Crippen molar-refractivity contribution in [2.24, 2.45) is 0 Å². The van der Waals surface area contributed by atoms with Gasteiger partial charge in [0.1, 0.15) is 30.4 Å². The van der Waals surface area contributed by atoms with E-state index in [1.807, 2.05) is 55.5 Å². The lowest BCUT2D eigenvalue weighted by molar-refractivity contribution is -0.0501. The maximum Gasteiger partial charge on any atom is 0.207 e. The Hall–Kier alpha value is -3.77. The maximum atomic E-state index is 10.6. The molecule has 36 heavy (non-hydrogen) atoms. The van der Waals surface area contributed by atoms with E-state index in [0.29, 0.717) is 30.3 Å². The molecule has 0 bridgehead atoms. The minimum Gasteiger partial charge on any atom is -0.494 e. The van der Waals surface area contributed by atoms with Crippen molar-refractivity contribution >= 4 is 22.9 Å². The van der Waals surface area contributed by atoms with Crippen molar-refractivity contribution in [1.82, 2.24) is 19.5 Å². The molecule has 1 aliphatic heterocycles. The third-order valence-electron chi connectivity index (χ3n) is 6.16. The molecule has 0 aliphatic carbocycles. The first kappa shape index (κ1) is 23.9. The van der Waals surface area contributed by atoms with Gasteiger partial charge in [0, 0.05) is 6.54 Å². The zero-order valence-corrected chi connectivity index (χ0v) is 19.7. The highest BCUT2D eigenvalue weighted by atomic mass is 16.6. The van der Waals surface area contributed by atoms with Crippen molar-refractivity contribution in [3.8, 4) is 16.9 Å². The second-order valence-corrected chi connectivity index (χ2v) is 8.48. The number of fused-ring (bicyclic) bond motifs is 1. The summed E-state index contributed by atoms with van der Waals surface area (Å²) in [5.74, 6) is 1.33. The third kappa shape index (κ3) is 4.44. The van der Waals surface area contributed by atoms with Gasteiger partial charge in [-0.3, -0.25) is 4.57 Å². The number of hydrogen-bond donors (Lipinski definition) is 5. The van der Waals surface area contributed by atoms with Crippen molar-refractivity contribution in [1.29, 1.82) is 0 Å². The average Bonchev–Trinajstić information content (AvgIpc) is 3.40. The summed E-state index contributed by atoms with van der Waals surface area (Å²) >= 11 is 0. The molecule has 0 radical (unpaired) electrons. The smallest absolute Gasteiger partial charge is 0.207 e. The molecule has 0 spiro atoms. The summed E-state index contributed by atoms with van der Waals surface area (Å²) in [6.07, 6.45) is -3.25. The average molecular weight is 493 g/mol. The maximum absolute atomic E-state index is 10.6. The third-order valence-corrected chi connectivity index (χ3v) is 6.16. The summed E-state index contributed by atoms with van der Waals surface area (Å²) in [6, 6.07) is 16.0. The van der Waals surface area contributed by atoms with Crippen molar-refractivity contribution in [2.75, 3.05) is 24.3 Å². The van der Waals surface area contributed by atoms with Gasteiger partial charge >= 0.3 is 0 Å². The minimum atomic E-state index is -1.30. The van der Waals surface area contributed by atoms with Crippen molar-refractivity contribution < 1.29 is 24.8 Å². The number of aromatic nitrogens is 4. The number of nitrogens with two attached hydrogens (primary N) is 1. The molecule has 11 nitrogen and oxygen atoms in total. The van der Waals surface area contributed by atoms with E-state index in [4.69, 9.17) is 15.2 Å². The van der Waals surface area contributed by atoms with Crippen molar-refractivity contribution in [3.63, 3.8) is 0 Å². The lowest BCUT2D eigenvalue weighted by Gasteiger charge is -2.19. The predicted octanol–water partition coefficient (Wildman–Crippen LogP) is 1.70. The normalized spacial score (nSPS) is 21.7. The van der Waals surface area contributed by atoms with Crippen LogP contribution in [-0.4, -0.2) is 66.4 Å². The molecule has 1 aliphatic rings. The second kappa shape index (κ2) is 10.1. The topological polar surface area (TPSA) is 161 Å². The van der Waals surface area contributed by atoms with Gasteiger partial charge < -0.3 is 35.8 Å². The number of aliphatic hydroxyl groups is 3. The van der Waals surface area contributed by atoms with Gasteiger partial charge in [0.05, 0.1) is 13.2 Å². The Kier molecular flexibility index (Phi) is 6.70. The molecule has 0 amide bonds. The number of ether oxygens (including phenoxy) is 2. The van der Waals surface area contributed by atoms with Gasteiger partial charge in [0.15, 0.2) is 23.2 Å². The fraction of sp³-hybridized carbons (Fsp3) is 0.320. The highest BCUT2D eigenvalue weighted by Crippen LogP contribution is 2.35. The van der Waals surface area contributed by atoms with Crippen LogP contribution in [0.25, 0.3) is 22.3 Å². The zero-order chi connectivity index (χ0) is 25.2. The number of benzene rings is 2. The predicted molar refractivity (Wildman–Crippen MR) is 133 cm³/mol. The fourth-order valence-electron chi connectivity index (χ4n) is 4.31. The van der Waals surface area contributed by atoms with Crippen LogP contribution in [0.1, 0.15) is 18.7 Å². The molecule has 2 aromatic heterocycles. The summed E-state index contributed by atoms with van der Waals surface area (Å²) in [6.45, 7) is 2.53. The molecular formula is C25H28N6O5. The number of aliphatic hydroxyl groups excluding tert-OH is 3. The Balaban J connectivity index is 1.40. The quantitative estimate of drug-likeness (QED) is 0.245. The number of anilines is 2. The van der Waals surface area contributed by atoms with Gasteiger partial charge in [-0.1, -0.05) is 36.4 Å². The first-order valence-corrected chi connectivity index (χ1v) is 11.7. The van der Waals surface area contributed by atoms with Gasteiger partial charge in [-0.25, -0.2) is 15.0 Å². The standard InChI is InChI=1S/C25H28N6O5/c1-2-35-17-5-3-4-16(10-17)15-8-6-14(7-9-15)11-27-25-30-19-22(26)28-13-29-23(19)31(25)24-21(34)20(33)18(12-32)36-24/h3-10,13,18,20-21,24,32-34H,2,11-12H2,1H3,(H,27,30)(H2,26,28,29)/t18-,20?,21?,24-/m1/s1. The Morgan fingerprint density at radius 1 is 1.08 bits per heavy atom. The van der Waals surface area contributed by atoms with E-state index in [1.165, 1.54) is 10.9 Å². The van der Waals surface area contributed by atoms with Gasteiger partial charge in [0.2, 0.25) is 5.95 Å². The summed E-state index contributed by atoms with van der Waals surface area (Å²) in [5.41, 5.74) is 9.78.